The van der Waals surface area contributed by atoms with E-state index >= 15 is 0 Å². The topological polar surface area (TPSA) is 57.0 Å². The van der Waals surface area contributed by atoms with Gasteiger partial charge in [-0.1, -0.05) is 0 Å². The number of nitrogens with two attached hydrogens (primary N) is 1. The Morgan fingerprint density at radius 2 is 2.23 bits per heavy atom. The minimum absolute atomic E-state index is 0.629. The van der Waals surface area contributed by atoms with Crippen LogP contribution < -0.4 is 5.73 Å². The van der Waals surface area contributed by atoms with E-state index in [9.17, 15) is 0 Å². The lowest BCUT2D eigenvalue weighted by Crippen LogP contribution is -1.96. The second kappa shape index (κ2) is 2.65. The molecule has 0 unspecified atom stereocenters. The zero-order valence-corrected chi connectivity index (χ0v) is 7.61. The van der Waals surface area contributed by atoms with E-state index in [0.29, 0.717) is 5.82 Å². The number of aryl methyl sites for hydroxylation is 2. The minimum Gasteiger partial charge on any atom is -0.462 e. The van der Waals surface area contributed by atoms with Crippen LogP contribution in [-0.4, -0.2) is 9.78 Å². The van der Waals surface area contributed by atoms with Gasteiger partial charge in [-0.15, -0.1) is 0 Å². The van der Waals surface area contributed by atoms with Gasteiger partial charge in [0.05, 0.1) is 6.26 Å². The van der Waals surface area contributed by atoms with Crippen molar-refractivity contribution >= 4 is 5.82 Å². The third-order valence-corrected chi connectivity index (χ3v) is 1.90. The number of furan rings is 1. The van der Waals surface area contributed by atoms with Crippen molar-refractivity contribution < 1.29 is 4.42 Å². The van der Waals surface area contributed by atoms with Crippen molar-refractivity contribution in [3.63, 3.8) is 0 Å². The highest BCUT2D eigenvalue weighted by atomic mass is 16.3. The molecule has 2 heterocycles. The maximum absolute atomic E-state index is 5.64. The van der Waals surface area contributed by atoms with Crippen molar-refractivity contribution in [3.05, 3.63) is 24.0 Å². The van der Waals surface area contributed by atoms with Crippen LogP contribution in [0.4, 0.5) is 5.82 Å². The molecule has 2 rings (SSSR count). The van der Waals surface area contributed by atoms with Crippen LogP contribution in [0.15, 0.2) is 22.8 Å². The van der Waals surface area contributed by atoms with Crippen LogP contribution in [0, 0.1) is 6.92 Å². The summed E-state index contributed by atoms with van der Waals surface area (Å²) < 4.78 is 6.91. The first kappa shape index (κ1) is 7.91. The summed E-state index contributed by atoms with van der Waals surface area (Å²) in [6.45, 7) is 1.97. The molecule has 2 N–H and O–H groups in total. The lowest BCUT2D eigenvalue weighted by molar-refractivity contribution is 0.576. The fraction of sp³-hybridized carbons (Fsp3) is 0.222. The molecule has 0 saturated carbocycles. The molecule has 4 heteroatoms. The van der Waals surface area contributed by atoms with Crippen LogP contribution in [0.2, 0.25) is 0 Å². The Labute approximate surface area is 76.0 Å². The van der Waals surface area contributed by atoms with Gasteiger partial charge in [0, 0.05) is 13.1 Å². The van der Waals surface area contributed by atoms with Crippen LogP contribution in [-0.2, 0) is 7.05 Å². The molecular formula is C9H11N3O. The number of hydrogen-bond acceptors (Lipinski definition) is 3. The Hall–Kier alpha value is -1.71. The van der Waals surface area contributed by atoms with E-state index in [1.54, 1.807) is 24.1 Å². The third-order valence-electron chi connectivity index (χ3n) is 1.90. The summed E-state index contributed by atoms with van der Waals surface area (Å²) in [7, 11) is 1.80. The van der Waals surface area contributed by atoms with Gasteiger partial charge >= 0.3 is 0 Å². The first-order valence-corrected chi connectivity index (χ1v) is 4.02. The number of nitrogen functional groups attached to an aromatic ring is 1. The molecule has 0 aliphatic heterocycles. The van der Waals surface area contributed by atoms with E-state index in [-0.39, 0.29) is 0 Å². The van der Waals surface area contributed by atoms with Gasteiger partial charge in [-0.05, 0) is 18.6 Å². The highest BCUT2D eigenvalue weighted by molar-refractivity contribution is 5.57. The summed E-state index contributed by atoms with van der Waals surface area (Å²) in [5.41, 5.74) is 7.50. The highest BCUT2D eigenvalue weighted by Crippen LogP contribution is 2.21. The van der Waals surface area contributed by atoms with E-state index in [1.807, 2.05) is 13.0 Å². The fourth-order valence-corrected chi connectivity index (χ4v) is 1.17. The summed E-state index contributed by atoms with van der Waals surface area (Å²) in [5.74, 6) is 1.38. The standard InChI is InChI=1S/C9H11N3O/c1-6-3-8(13-5-6)7-4-9(10)12(2)11-7/h3-5H,10H2,1-2H3. The Morgan fingerprint density at radius 3 is 2.69 bits per heavy atom. The summed E-state index contributed by atoms with van der Waals surface area (Å²) in [5, 5.41) is 4.19. The molecule has 0 saturated heterocycles. The lowest BCUT2D eigenvalue weighted by Gasteiger charge is -1.88. The molecule has 0 aliphatic rings. The molecule has 4 nitrogen and oxygen atoms in total. The monoisotopic (exact) mass is 177 g/mol. The van der Waals surface area contributed by atoms with Crippen molar-refractivity contribution in [1.82, 2.24) is 9.78 Å². The first-order chi connectivity index (χ1) is 6.16. The first-order valence-electron chi connectivity index (χ1n) is 4.02. The molecular weight excluding hydrogens is 166 g/mol. The second-order valence-electron chi connectivity index (χ2n) is 3.07. The Kier molecular flexibility index (Phi) is 1.62. The molecule has 0 bridgehead atoms. The van der Waals surface area contributed by atoms with Crippen LogP contribution in [0.3, 0.4) is 0 Å². The Morgan fingerprint density at radius 1 is 1.46 bits per heavy atom. The maximum atomic E-state index is 5.64. The fourth-order valence-electron chi connectivity index (χ4n) is 1.17. The van der Waals surface area contributed by atoms with E-state index in [2.05, 4.69) is 5.10 Å². The van der Waals surface area contributed by atoms with Gasteiger partial charge < -0.3 is 10.2 Å². The maximum Gasteiger partial charge on any atom is 0.154 e. The van der Waals surface area contributed by atoms with Crippen LogP contribution in [0.5, 0.6) is 0 Å². The van der Waals surface area contributed by atoms with Crippen molar-refractivity contribution in [2.24, 2.45) is 7.05 Å². The van der Waals surface area contributed by atoms with Crippen molar-refractivity contribution in [2.45, 2.75) is 6.92 Å². The van der Waals surface area contributed by atoms with Gasteiger partial charge in [-0.3, -0.25) is 4.68 Å². The van der Waals surface area contributed by atoms with Gasteiger partial charge in [0.25, 0.3) is 0 Å². The molecule has 0 amide bonds. The second-order valence-corrected chi connectivity index (χ2v) is 3.07. The molecule has 0 spiro atoms. The van der Waals surface area contributed by atoms with Crippen LogP contribution >= 0.6 is 0 Å². The molecule has 2 aromatic heterocycles. The predicted octanol–water partition coefficient (Wildman–Crippen LogP) is 1.57. The molecule has 0 fully saturated rings. The lowest BCUT2D eigenvalue weighted by atomic mass is 10.3. The molecule has 2 aromatic rings. The van der Waals surface area contributed by atoms with Gasteiger partial charge in [0.15, 0.2) is 5.76 Å². The summed E-state index contributed by atoms with van der Waals surface area (Å²) in [4.78, 5) is 0. The van der Waals surface area contributed by atoms with E-state index in [1.165, 1.54) is 0 Å². The summed E-state index contributed by atoms with van der Waals surface area (Å²) in [6, 6.07) is 3.72. The smallest absolute Gasteiger partial charge is 0.154 e. The number of nitrogens with zero attached hydrogens (tertiary/aromatic N) is 2. The predicted molar refractivity (Wildman–Crippen MR) is 50.1 cm³/mol. The molecule has 0 aromatic carbocycles. The van der Waals surface area contributed by atoms with Gasteiger partial charge in [-0.2, -0.15) is 5.10 Å². The van der Waals surface area contributed by atoms with Crippen molar-refractivity contribution in [2.75, 3.05) is 5.73 Å². The van der Waals surface area contributed by atoms with Crippen LogP contribution in [0.25, 0.3) is 11.5 Å². The van der Waals surface area contributed by atoms with E-state index in [0.717, 1.165) is 17.0 Å². The average Bonchev–Trinajstić information content (AvgIpc) is 2.61. The molecule has 0 radical (unpaired) electrons. The van der Waals surface area contributed by atoms with E-state index < -0.39 is 0 Å². The third kappa shape index (κ3) is 1.30. The molecule has 0 aliphatic carbocycles. The zero-order chi connectivity index (χ0) is 9.42. The largest absolute Gasteiger partial charge is 0.462 e. The Balaban J connectivity index is 2.46. The van der Waals surface area contributed by atoms with Crippen molar-refractivity contribution in [3.8, 4) is 11.5 Å². The van der Waals surface area contributed by atoms with Gasteiger partial charge in [0.1, 0.15) is 11.5 Å². The molecule has 0 atom stereocenters. The normalized spacial score (nSPS) is 10.6. The number of aromatic nitrogens is 2. The Bertz CT molecular complexity index is 408. The zero-order valence-electron chi connectivity index (χ0n) is 7.61. The number of rotatable bonds is 1. The number of hydrogen-bond donors (Lipinski definition) is 1. The van der Waals surface area contributed by atoms with Crippen LogP contribution in [0.1, 0.15) is 5.56 Å². The quantitative estimate of drug-likeness (QED) is 0.719. The van der Waals surface area contributed by atoms with Gasteiger partial charge in [0.2, 0.25) is 0 Å². The molecule has 13 heavy (non-hydrogen) atoms. The summed E-state index contributed by atoms with van der Waals surface area (Å²) >= 11 is 0. The van der Waals surface area contributed by atoms with Gasteiger partial charge in [-0.25, -0.2) is 0 Å². The minimum atomic E-state index is 0.629. The SMILES string of the molecule is Cc1coc(-c2cc(N)n(C)n2)c1. The number of anilines is 1. The van der Waals surface area contributed by atoms with E-state index in [4.69, 9.17) is 10.2 Å². The highest BCUT2D eigenvalue weighted by Gasteiger charge is 2.07. The average molecular weight is 177 g/mol. The summed E-state index contributed by atoms with van der Waals surface area (Å²) in [6.07, 6.45) is 1.69. The molecule has 68 valence electrons. The van der Waals surface area contributed by atoms with Crippen molar-refractivity contribution in [1.29, 1.82) is 0 Å².